The first-order valence-corrected chi connectivity index (χ1v) is 8.44. The van der Waals surface area contributed by atoms with E-state index in [1.54, 1.807) is 0 Å². The molecule has 1 aliphatic carbocycles. The minimum Gasteiger partial charge on any atom is -0.308 e. The Morgan fingerprint density at radius 1 is 1.26 bits per heavy atom. The van der Waals surface area contributed by atoms with Crippen molar-refractivity contribution in [1.29, 1.82) is 0 Å². The second-order valence-corrected chi connectivity index (χ2v) is 7.75. The van der Waals surface area contributed by atoms with Crippen LogP contribution in [0.1, 0.15) is 31.0 Å². The molecule has 2 N–H and O–H groups in total. The smallest absolute Gasteiger partial charge is 0.208 e. The molecule has 106 valence electrons. The van der Waals surface area contributed by atoms with Gasteiger partial charge in [-0.1, -0.05) is 38.1 Å². The van der Waals surface area contributed by atoms with Gasteiger partial charge in [-0.25, -0.2) is 13.1 Å². The first-order valence-electron chi connectivity index (χ1n) is 6.55. The SMILES string of the molecule is CC1(C)Cc2ccccc2C1NCCNS(C)(=O)=O. The zero-order valence-corrected chi connectivity index (χ0v) is 12.5. The van der Waals surface area contributed by atoms with Gasteiger partial charge in [-0.05, 0) is 23.0 Å². The van der Waals surface area contributed by atoms with Crippen LogP contribution in [0.15, 0.2) is 24.3 Å². The van der Waals surface area contributed by atoms with Gasteiger partial charge in [-0.3, -0.25) is 0 Å². The fourth-order valence-corrected chi connectivity index (χ4v) is 3.30. The van der Waals surface area contributed by atoms with Gasteiger partial charge in [0.15, 0.2) is 0 Å². The Bertz CT molecular complexity index is 552. The molecule has 4 nitrogen and oxygen atoms in total. The summed E-state index contributed by atoms with van der Waals surface area (Å²) in [5.74, 6) is 0. The predicted octanol–water partition coefficient (Wildman–Crippen LogP) is 1.45. The van der Waals surface area contributed by atoms with Gasteiger partial charge in [0.2, 0.25) is 10.0 Å². The molecule has 1 aliphatic rings. The van der Waals surface area contributed by atoms with Crippen molar-refractivity contribution in [2.24, 2.45) is 5.41 Å². The van der Waals surface area contributed by atoms with Gasteiger partial charge in [0.05, 0.1) is 6.26 Å². The lowest BCUT2D eigenvalue weighted by molar-refractivity contribution is 0.271. The maximum atomic E-state index is 11.0. The lowest BCUT2D eigenvalue weighted by atomic mass is 9.85. The lowest BCUT2D eigenvalue weighted by Gasteiger charge is -2.28. The Morgan fingerprint density at radius 2 is 1.95 bits per heavy atom. The summed E-state index contributed by atoms with van der Waals surface area (Å²) in [5, 5.41) is 3.47. The van der Waals surface area contributed by atoms with Crippen LogP contribution >= 0.6 is 0 Å². The summed E-state index contributed by atoms with van der Waals surface area (Å²) in [6.07, 6.45) is 2.24. The largest absolute Gasteiger partial charge is 0.308 e. The minimum atomic E-state index is -3.10. The van der Waals surface area contributed by atoms with Crippen LogP contribution in [0.2, 0.25) is 0 Å². The molecule has 0 spiro atoms. The number of fused-ring (bicyclic) bond motifs is 1. The number of sulfonamides is 1. The highest BCUT2D eigenvalue weighted by atomic mass is 32.2. The summed E-state index contributed by atoms with van der Waals surface area (Å²) in [6, 6.07) is 8.75. The average Bonchev–Trinajstić information content (AvgIpc) is 2.53. The zero-order chi connectivity index (χ0) is 14.1. The Hall–Kier alpha value is -0.910. The van der Waals surface area contributed by atoms with Crippen LogP contribution in [0.3, 0.4) is 0 Å². The summed E-state index contributed by atoms with van der Waals surface area (Å²) in [5.41, 5.74) is 2.89. The van der Waals surface area contributed by atoms with E-state index in [1.807, 2.05) is 0 Å². The summed E-state index contributed by atoms with van der Waals surface area (Å²) in [6.45, 7) is 5.55. The molecule has 0 heterocycles. The molecule has 0 aliphatic heterocycles. The number of nitrogens with one attached hydrogen (secondary N) is 2. The predicted molar refractivity (Wildman–Crippen MR) is 77.5 cm³/mol. The van der Waals surface area contributed by atoms with E-state index >= 15 is 0 Å². The monoisotopic (exact) mass is 282 g/mol. The van der Waals surface area contributed by atoms with Crippen LogP contribution < -0.4 is 10.0 Å². The van der Waals surface area contributed by atoms with E-state index in [2.05, 4.69) is 48.2 Å². The van der Waals surface area contributed by atoms with Crippen LogP contribution in [0.25, 0.3) is 0 Å². The van der Waals surface area contributed by atoms with Gasteiger partial charge in [-0.2, -0.15) is 0 Å². The fraction of sp³-hybridized carbons (Fsp3) is 0.571. The van der Waals surface area contributed by atoms with Gasteiger partial charge < -0.3 is 5.32 Å². The zero-order valence-electron chi connectivity index (χ0n) is 11.7. The molecule has 0 radical (unpaired) electrons. The van der Waals surface area contributed by atoms with E-state index < -0.39 is 10.0 Å². The third-order valence-corrected chi connectivity index (χ3v) is 4.36. The van der Waals surface area contributed by atoms with E-state index in [0.717, 1.165) is 6.42 Å². The van der Waals surface area contributed by atoms with E-state index in [0.29, 0.717) is 13.1 Å². The van der Waals surface area contributed by atoms with Crippen molar-refractivity contribution in [2.75, 3.05) is 19.3 Å². The van der Waals surface area contributed by atoms with Crippen LogP contribution in [0.4, 0.5) is 0 Å². The van der Waals surface area contributed by atoms with Crippen LogP contribution in [-0.2, 0) is 16.4 Å². The minimum absolute atomic E-state index is 0.161. The number of hydrogen-bond acceptors (Lipinski definition) is 3. The fourth-order valence-electron chi connectivity index (χ4n) is 2.83. The maximum Gasteiger partial charge on any atom is 0.208 e. The molecule has 1 aromatic rings. The molecular formula is C14H22N2O2S. The molecule has 0 amide bonds. The van der Waals surface area contributed by atoms with E-state index in [-0.39, 0.29) is 11.5 Å². The topological polar surface area (TPSA) is 58.2 Å². The molecule has 0 bridgehead atoms. The van der Waals surface area contributed by atoms with Crippen molar-refractivity contribution in [1.82, 2.24) is 10.0 Å². The number of rotatable bonds is 5. The van der Waals surface area contributed by atoms with Crippen LogP contribution in [0, 0.1) is 5.41 Å². The molecule has 0 saturated carbocycles. The highest BCUT2D eigenvalue weighted by molar-refractivity contribution is 7.88. The maximum absolute atomic E-state index is 11.0. The molecular weight excluding hydrogens is 260 g/mol. The quantitative estimate of drug-likeness (QED) is 0.804. The number of hydrogen-bond donors (Lipinski definition) is 2. The highest BCUT2D eigenvalue weighted by Crippen LogP contribution is 2.44. The van der Waals surface area contributed by atoms with Gasteiger partial charge in [0.1, 0.15) is 0 Å². The second-order valence-electron chi connectivity index (χ2n) is 5.92. The van der Waals surface area contributed by atoms with Crippen molar-refractivity contribution in [2.45, 2.75) is 26.3 Å². The Kier molecular flexibility index (Phi) is 3.99. The third-order valence-electron chi connectivity index (χ3n) is 3.63. The van der Waals surface area contributed by atoms with Gasteiger partial charge >= 0.3 is 0 Å². The second kappa shape index (κ2) is 5.23. The Morgan fingerprint density at radius 3 is 2.63 bits per heavy atom. The van der Waals surface area contributed by atoms with Crippen LogP contribution in [0.5, 0.6) is 0 Å². The summed E-state index contributed by atoms with van der Waals surface area (Å²) < 4.78 is 24.5. The molecule has 0 fully saturated rings. The molecule has 5 heteroatoms. The molecule has 0 aromatic heterocycles. The van der Waals surface area contributed by atoms with Crippen molar-refractivity contribution in [3.05, 3.63) is 35.4 Å². The summed E-state index contributed by atoms with van der Waals surface area (Å²) >= 11 is 0. The van der Waals surface area contributed by atoms with Gasteiger partial charge in [0, 0.05) is 19.1 Å². The van der Waals surface area contributed by atoms with Crippen molar-refractivity contribution >= 4 is 10.0 Å². The molecule has 1 unspecified atom stereocenters. The number of benzene rings is 1. The molecule has 2 rings (SSSR count). The third kappa shape index (κ3) is 3.55. The normalized spacial score (nSPS) is 21.3. The van der Waals surface area contributed by atoms with E-state index in [1.165, 1.54) is 17.4 Å². The van der Waals surface area contributed by atoms with Gasteiger partial charge in [0.25, 0.3) is 0 Å². The van der Waals surface area contributed by atoms with Crippen molar-refractivity contribution in [3.63, 3.8) is 0 Å². The summed E-state index contributed by atoms with van der Waals surface area (Å²) in [4.78, 5) is 0. The standard InChI is InChI=1S/C14H22N2O2S/c1-14(2)10-11-6-4-5-7-12(11)13(14)15-8-9-16-19(3,17)18/h4-7,13,15-16H,8-10H2,1-3H3. The molecule has 19 heavy (non-hydrogen) atoms. The van der Waals surface area contributed by atoms with Crippen molar-refractivity contribution < 1.29 is 8.42 Å². The van der Waals surface area contributed by atoms with Gasteiger partial charge in [-0.15, -0.1) is 0 Å². The summed E-state index contributed by atoms with van der Waals surface area (Å²) in [7, 11) is -3.10. The first-order chi connectivity index (χ1) is 8.80. The first kappa shape index (κ1) is 14.5. The average molecular weight is 282 g/mol. The van der Waals surface area contributed by atoms with Crippen LogP contribution in [-0.4, -0.2) is 27.8 Å². The highest BCUT2D eigenvalue weighted by Gasteiger charge is 2.37. The van der Waals surface area contributed by atoms with Crippen molar-refractivity contribution in [3.8, 4) is 0 Å². The molecule has 1 atom stereocenters. The lowest BCUT2D eigenvalue weighted by Crippen LogP contribution is -2.37. The Balaban J connectivity index is 1.99. The molecule has 1 aromatic carbocycles. The van der Waals surface area contributed by atoms with E-state index in [4.69, 9.17) is 0 Å². The van der Waals surface area contributed by atoms with E-state index in [9.17, 15) is 8.42 Å². The Labute approximate surface area is 115 Å². The molecule has 0 saturated heterocycles.